The number of aryl methyl sites for hydroxylation is 2. The second-order valence-corrected chi connectivity index (χ2v) is 7.35. The molecule has 0 spiro atoms. The highest BCUT2D eigenvalue weighted by Crippen LogP contribution is 2.27. The van der Waals surface area contributed by atoms with E-state index >= 15 is 0 Å². The van der Waals surface area contributed by atoms with Gasteiger partial charge in [-0.05, 0) is 31.2 Å². The Bertz CT molecular complexity index is 1160. The molecule has 2 heterocycles. The highest BCUT2D eigenvalue weighted by molar-refractivity contribution is 5.95. The van der Waals surface area contributed by atoms with Crippen LogP contribution in [0.25, 0.3) is 10.9 Å². The van der Waals surface area contributed by atoms with Gasteiger partial charge in [0.2, 0.25) is 0 Å². The molecule has 4 rings (SSSR count). The quantitative estimate of drug-likeness (QED) is 0.668. The Labute approximate surface area is 166 Å². The second-order valence-electron chi connectivity index (χ2n) is 7.35. The largest absolute Gasteiger partial charge is 0.367 e. The summed E-state index contributed by atoms with van der Waals surface area (Å²) >= 11 is 0. The van der Waals surface area contributed by atoms with Crippen LogP contribution in [0.15, 0.2) is 47.3 Å². The molecule has 0 bridgehead atoms. The molecule has 5 nitrogen and oxygen atoms in total. The number of fused-ring (bicyclic) bond motifs is 1. The van der Waals surface area contributed by atoms with E-state index in [0.29, 0.717) is 26.2 Å². The van der Waals surface area contributed by atoms with Crippen LogP contribution < -0.4 is 10.5 Å². The van der Waals surface area contributed by atoms with Crippen molar-refractivity contribution in [2.75, 3.05) is 31.1 Å². The van der Waals surface area contributed by atoms with Crippen LogP contribution in [0, 0.1) is 18.6 Å². The van der Waals surface area contributed by atoms with E-state index in [9.17, 15) is 18.4 Å². The SMILES string of the molecule is Cc1ccc2c(c1)c(N1CCN(C(=O)c3ccc(F)cc3F)CC1)cc(=O)n2C. The number of aromatic nitrogens is 1. The normalized spacial score (nSPS) is 14.5. The number of carbonyl (C=O) groups is 1. The number of amides is 1. The van der Waals surface area contributed by atoms with E-state index in [2.05, 4.69) is 11.0 Å². The average Bonchev–Trinajstić information content (AvgIpc) is 2.70. The molecule has 0 radical (unpaired) electrons. The molecule has 0 unspecified atom stereocenters. The van der Waals surface area contributed by atoms with Crippen LogP contribution in [0.3, 0.4) is 0 Å². The van der Waals surface area contributed by atoms with Crippen LogP contribution in [0.1, 0.15) is 15.9 Å². The van der Waals surface area contributed by atoms with Gasteiger partial charge in [-0.2, -0.15) is 0 Å². The molecule has 2 aromatic carbocycles. The Balaban J connectivity index is 1.59. The van der Waals surface area contributed by atoms with Crippen molar-refractivity contribution in [2.45, 2.75) is 6.92 Å². The fourth-order valence-corrected chi connectivity index (χ4v) is 3.80. The molecule has 3 aromatic rings. The van der Waals surface area contributed by atoms with Gasteiger partial charge in [0, 0.05) is 50.7 Å². The van der Waals surface area contributed by atoms with E-state index in [0.717, 1.165) is 34.3 Å². The Morgan fingerprint density at radius 1 is 0.966 bits per heavy atom. The van der Waals surface area contributed by atoms with E-state index in [1.165, 1.54) is 6.07 Å². The summed E-state index contributed by atoms with van der Waals surface area (Å²) in [5, 5.41) is 0.983. The number of piperazine rings is 1. The molecule has 1 aromatic heterocycles. The molecule has 1 fully saturated rings. The summed E-state index contributed by atoms with van der Waals surface area (Å²) in [6.07, 6.45) is 0. The molecule has 1 aliphatic heterocycles. The van der Waals surface area contributed by atoms with Crippen molar-refractivity contribution in [1.82, 2.24) is 9.47 Å². The molecule has 0 atom stereocenters. The smallest absolute Gasteiger partial charge is 0.256 e. The lowest BCUT2D eigenvalue weighted by atomic mass is 10.1. The highest BCUT2D eigenvalue weighted by atomic mass is 19.1. The molecule has 1 amide bonds. The van der Waals surface area contributed by atoms with Crippen molar-refractivity contribution in [3.05, 3.63) is 75.6 Å². The van der Waals surface area contributed by atoms with Crippen molar-refractivity contribution in [2.24, 2.45) is 7.05 Å². The van der Waals surface area contributed by atoms with Crippen LogP contribution in [0.5, 0.6) is 0 Å². The van der Waals surface area contributed by atoms with E-state index in [1.54, 1.807) is 22.6 Å². The molecule has 0 aliphatic carbocycles. The maximum atomic E-state index is 14.0. The fraction of sp³-hybridized carbons (Fsp3) is 0.273. The molecule has 0 N–H and O–H groups in total. The van der Waals surface area contributed by atoms with Gasteiger partial charge in [-0.1, -0.05) is 11.6 Å². The fourth-order valence-electron chi connectivity index (χ4n) is 3.80. The maximum Gasteiger partial charge on any atom is 0.256 e. The number of anilines is 1. The van der Waals surface area contributed by atoms with E-state index in [-0.39, 0.29) is 11.1 Å². The monoisotopic (exact) mass is 397 g/mol. The first-order chi connectivity index (χ1) is 13.8. The molecule has 1 saturated heterocycles. The third kappa shape index (κ3) is 3.48. The van der Waals surface area contributed by atoms with Gasteiger partial charge in [0.05, 0.1) is 16.8 Å². The third-order valence-corrected chi connectivity index (χ3v) is 5.45. The minimum Gasteiger partial charge on any atom is -0.367 e. The van der Waals surface area contributed by atoms with Crippen LogP contribution in [-0.4, -0.2) is 41.6 Å². The Morgan fingerprint density at radius 3 is 2.38 bits per heavy atom. The number of carbonyl (C=O) groups excluding carboxylic acids is 1. The molecular weight excluding hydrogens is 376 g/mol. The Hall–Kier alpha value is -3.22. The second kappa shape index (κ2) is 7.31. The summed E-state index contributed by atoms with van der Waals surface area (Å²) in [6, 6.07) is 10.6. The van der Waals surface area contributed by atoms with Gasteiger partial charge in [-0.3, -0.25) is 9.59 Å². The van der Waals surface area contributed by atoms with Crippen LogP contribution in [0.2, 0.25) is 0 Å². The summed E-state index contributed by atoms with van der Waals surface area (Å²) in [6.45, 7) is 3.81. The topological polar surface area (TPSA) is 45.6 Å². The van der Waals surface area contributed by atoms with Gasteiger partial charge in [-0.25, -0.2) is 8.78 Å². The van der Waals surface area contributed by atoms with Crippen molar-refractivity contribution >= 4 is 22.5 Å². The van der Waals surface area contributed by atoms with Crippen molar-refractivity contribution < 1.29 is 13.6 Å². The van der Waals surface area contributed by atoms with Crippen molar-refractivity contribution in [3.63, 3.8) is 0 Å². The Kier molecular flexibility index (Phi) is 4.82. The zero-order chi connectivity index (χ0) is 20.7. The summed E-state index contributed by atoms with van der Waals surface area (Å²) in [7, 11) is 1.75. The summed E-state index contributed by atoms with van der Waals surface area (Å²) in [4.78, 5) is 28.7. The zero-order valence-electron chi connectivity index (χ0n) is 16.3. The number of nitrogens with zero attached hydrogens (tertiary/aromatic N) is 3. The first-order valence-electron chi connectivity index (χ1n) is 9.45. The lowest BCUT2D eigenvalue weighted by Crippen LogP contribution is -2.49. The molecular formula is C22H21F2N3O2. The standard InChI is InChI=1S/C22H21F2N3O2/c1-14-3-6-19-17(11-14)20(13-21(28)25(19)2)26-7-9-27(10-8-26)22(29)16-5-4-15(23)12-18(16)24/h3-6,11-13H,7-10H2,1-2H3. The average molecular weight is 397 g/mol. The number of hydrogen-bond acceptors (Lipinski definition) is 3. The van der Waals surface area contributed by atoms with Gasteiger partial charge in [-0.15, -0.1) is 0 Å². The number of benzene rings is 2. The van der Waals surface area contributed by atoms with Crippen molar-refractivity contribution in [3.8, 4) is 0 Å². The van der Waals surface area contributed by atoms with Crippen LogP contribution in [-0.2, 0) is 7.05 Å². The lowest BCUT2D eigenvalue weighted by Gasteiger charge is -2.36. The van der Waals surface area contributed by atoms with Crippen LogP contribution in [0.4, 0.5) is 14.5 Å². The first kappa shape index (κ1) is 19.1. The predicted molar refractivity (Wildman–Crippen MR) is 108 cm³/mol. The van der Waals surface area contributed by atoms with Crippen molar-refractivity contribution in [1.29, 1.82) is 0 Å². The number of hydrogen-bond donors (Lipinski definition) is 0. The molecule has 7 heteroatoms. The van der Waals surface area contributed by atoms with E-state index in [1.807, 2.05) is 19.1 Å². The molecule has 0 saturated carbocycles. The van der Waals surface area contributed by atoms with Gasteiger partial charge in [0.25, 0.3) is 11.5 Å². The summed E-state index contributed by atoms with van der Waals surface area (Å²) in [5.41, 5.74) is 2.56. The number of pyridine rings is 1. The van der Waals surface area contributed by atoms with Gasteiger partial charge < -0.3 is 14.4 Å². The van der Waals surface area contributed by atoms with Crippen LogP contribution >= 0.6 is 0 Å². The Morgan fingerprint density at radius 2 is 1.69 bits per heavy atom. The number of rotatable bonds is 2. The van der Waals surface area contributed by atoms with E-state index < -0.39 is 17.5 Å². The zero-order valence-corrected chi connectivity index (χ0v) is 16.3. The first-order valence-corrected chi connectivity index (χ1v) is 9.45. The minimum absolute atomic E-state index is 0.0942. The highest BCUT2D eigenvalue weighted by Gasteiger charge is 2.25. The lowest BCUT2D eigenvalue weighted by molar-refractivity contribution is 0.0742. The molecule has 1 aliphatic rings. The minimum atomic E-state index is -0.856. The summed E-state index contributed by atoms with van der Waals surface area (Å²) < 4.78 is 28.7. The van der Waals surface area contributed by atoms with Gasteiger partial charge in [0.1, 0.15) is 11.6 Å². The van der Waals surface area contributed by atoms with E-state index in [4.69, 9.17) is 0 Å². The third-order valence-electron chi connectivity index (χ3n) is 5.45. The van der Waals surface area contributed by atoms with Gasteiger partial charge >= 0.3 is 0 Å². The molecule has 150 valence electrons. The predicted octanol–water partition coefficient (Wildman–Crippen LogP) is 3.09. The maximum absolute atomic E-state index is 14.0. The van der Waals surface area contributed by atoms with Gasteiger partial charge in [0.15, 0.2) is 0 Å². The number of halogens is 2. The molecule has 29 heavy (non-hydrogen) atoms. The summed E-state index contributed by atoms with van der Waals surface area (Å²) in [5.74, 6) is -2.02.